The predicted octanol–water partition coefficient (Wildman–Crippen LogP) is 4.23. The average molecular weight is 398 g/mol. The van der Waals surface area contributed by atoms with Gasteiger partial charge in [0, 0.05) is 18.2 Å². The Balaban J connectivity index is 1.42. The molecule has 6 nitrogen and oxygen atoms in total. The molecule has 1 N–H and O–H groups in total. The Morgan fingerprint density at radius 3 is 2.76 bits per heavy atom. The number of anilines is 1. The molecule has 2 aromatic heterocycles. The van der Waals surface area contributed by atoms with Crippen LogP contribution in [0.15, 0.2) is 11.4 Å². The molecule has 2 saturated carbocycles. The number of amides is 1. The van der Waals surface area contributed by atoms with Gasteiger partial charge in [0.05, 0.1) is 15.8 Å². The molecule has 132 valence electrons. The summed E-state index contributed by atoms with van der Waals surface area (Å²) in [6.45, 7) is 1.79. The molecule has 2 aliphatic rings. The third kappa shape index (κ3) is 3.64. The van der Waals surface area contributed by atoms with E-state index in [0.29, 0.717) is 33.4 Å². The summed E-state index contributed by atoms with van der Waals surface area (Å²) in [6, 6.07) is 0.506. The second-order valence-electron chi connectivity index (χ2n) is 6.45. The zero-order valence-electron chi connectivity index (χ0n) is 13.6. The fourth-order valence-electron chi connectivity index (χ4n) is 2.63. The van der Waals surface area contributed by atoms with E-state index >= 15 is 0 Å². The van der Waals surface area contributed by atoms with Gasteiger partial charge in [-0.15, -0.1) is 10.2 Å². The van der Waals surface area contributed by atoms with E-state index in [-0.39, 0.29) is 11.7 Å². The summed E-state index contributed by atoms with van der Waals surface area (Å²) >= 11 is 13.6. The Bertz CT molecular complexity index is 832. The van der Waals surface area contributed by atoms with Gasteiger partial charge >= 0.3 is 0 Å². The minimum Gasteiger partial charge on any atom is -0.309 e. The highest BCUT2D eigenvalue weighted by atomic mass is 35.5. The normalized spacial score (nSPS) is 16.9. The molecule has 9 heteroatoms. The van der Waals surface area contributed by atoms with Crippen LogP contribution < -0.4 is 5.32 Å². The van der Waals surface area contributed by atoms with Gasteiger partial charge < -0.3 is 9.88 Å². The zero-order valence-corrected chi connectivity index (χ0v) is 16.0. The Morgan fingerprint density at radius 1 is 1.32 bits per heavy atom. The van der Waals surface area contributed by atoms with Crippen molar-refractivity contribution in [1.29, 1.82) is 0 Å². The zero-order chi connectivity index (χ0) is 17.6. The van der Waals surface area contributed by atoms with Crippen LogP contribution in [0.3, 0.4) is 0 Å². The molecule has 2 heterocycles. The summed E-state index contributed by atoms with van der Waals surface area (Å²) in [6.07, 6.45) is 6.20. The number of aromatic nitrogens is 4. The first-order chi connectivity index (χ1) is 12.0. The summed E-state index contributed by atoms with van der Waals surface area (Å²) in [5.74, 6) is 2.02. The molecule has 1 amide bonds. The summed E-state index contributed by atoms with van der Waals surface area (Å²) in [7, 11) is 0. The fourth-order valence-corrected chi connectivity index (χ4v) is 3.83. The number of rotatable bonds is 6. The number of hydrogen-bond acceptors (Lipinski definition) is 5. The standard InChI is InChI=1S/C16H17Cl2N5OS/c1-8-11(17)6-19-14(13(8)18)20-12(24)7-25-16-22-21-15(9-2-3-9)23(16)10-4-5-10/h6,9-10H,2-5,7H2,1H3,(H,19,20,24). The van der Waals surface area contributed by atoms with Gasteiger partial charge in [0.1, 0.15) is 5.82 Å². The first-order valence-electron chi connectivity index (χ1n) is 8.22. The van der Waals surface area contributed by atoms with Gasteiger partial charge in [-0.2, -0.15) is 0 Å². The van der Waals surface area contributed by atoms with Gasteiger partial charge in [-0.25, -0.2) is 4.98 Å². The van der Waals surface area contributed by atoms with Crippen LogP contribution in [0.25, 0.3) is 0 Å². The summed E-state index contributed by atoms with van der Waals surface area (Å²) in [5, 5.41) is 13.0. The third-order valence-electron chi connectivity index (χ3n) is 4.34. The molecule has 0 radical (unpaired) electrons. The number of nitrogens with one attached hydrogen (secondary N) is 1. The van der Waals surface area contributed by atoms with Crippen molar-refractivity contribution >= 4 is 46.7 Å². The van der Waals surface area contributed by atoms with Crippen molar-refractivity contribution in [3.05, 3.63) is 27.6 Å². The lowest BCUT2D eigenvalue weighted by Gasteiger charge is -2.10. The highest BCUT2D eigenvalue weighted by molar-refractivity contribution is 7.99. The molecule has 0 atom stereocenters. The maximum Gasteiger partial charge on any atom is 0.236 e. The number of halogens is 2. The SMILES string of the molecule is Cc1c(Cl)cnc(NC(=O)CSc2nnc(C3CC3)n2C2CC2)c1Cl. The molecule has 0 spiro atoms. The van der Waals surface area contributed by atoms with Crippen molar-refractivity contribution in [2.75, 3.05) is 11.1 Å². The maximum absolute atomic E-state index is 12.3. The van der Waals surface area contributed by atoms with Crippen LogP contribution in [-0.2, 0) is 4.79 Å². The Morgan fingerprint density at radius 2 is 2.08 bits per heavy atom. The van der Waals surface area contributed by atoms with Crippen molar-refractivity contribution < 1.29 is 4.79 Å². The molecule has 0 unspecified atom stereocenters. The number of carbonyl (C=O) groups is 1. The van der Waals surface area contributed by atoms with Crippen LogP contribution in [-0.4, -0.2) is 31.4 Å². The Labute approximate surface area is 159 Å². The van der Waals surface area contributed by atoms with Gasteiger partial charge in [-0.1, -0.05) is 35.0 Å². The van der Waals surface area contributed by atoms with Crippen molar-refractivity contribution in [2.45, 2.75) is 49.7 Å². The van der Waals surface area contributed by atoms with Crippen LogP contribution in [0.2, 0.25) is 10.0 Å². The molecule has 4 rings (SSSR count). The van der Waals surface area contributed by atoms with Crippen LogP contribution in [0, 0.1) is 6.92 Å². The molecule has 2 aromatic rings. The van der Waals surface area contributed by atoms with Crippen molar-refractivity contribution in [1.82, 2.24) is 19.7 Å². The Hall–Kier alpha value is -1.31. The van der Waals surface area contributed by atoms with Gasteiger partial charge in [-0.05, 0) is 38.2 Å². The second kappa shape index (κ2) is 6.78. The summed E-state index contributed by atoms with van der Waals surface area (Å²) in [5.41, 5.74) is 0.698. The van der Waals surface area contributed by atoms with Gasteiger partial charge in [0.25, 0.3) is 0 Å². The van der Waals surface area contributed by atoms with Crippen molar-refractivity contribution in [3.8, 4) is 0 Å². The van der Waals surface area contributed by atoms with E-state index in [4.69, 9.17) is 23.2 Å². The van der Waals surface area contributed by atoms with E-state index in [1.165, 1.54) is 43.6 Å². The number of pyridine rings is 1. The number of hydrogen-bond donors (Lipinski definition) is 1. The van der Waals surface area contributed by atoms with E-state index in [1.807, 2.05) is 0 Å². The lowest BCUT2D eigenvalue weighted by Crippen LogP contribution is -2.16. The molecule has 2 fully saturated rings. The molecular weight excluding hydrogens is 381 g/mol. The largest absolute Gasteiger partial charge is 0.309 e. The van der Waals surface area contributed by atoms with Crippen molar-refractivity contribution in [2.24, 2.45) is 0 Å². The number of nitrogens with zero attached hydrogens (tertiary/aromatic N) is 4. The smallest absolute Gasteiger partial charge is 0.236 e. The predicted molar refractivity (Wildman–Crippen MR) is 98.6 cm³/mol. The molecule has 0 saturated heterocycles. The minimum atomic E-state index is -0.181. The topological polar surface area (TPSA) is 72.7 Å². The monoisotopic (exact) mass is 397 g/mol. The first kappa shape index (κ1) is 17.1. The Kier molecular flexibility index (Phi) is 4.64. The van der Waals surface area contributed by atoms with Crippen molar-refractivity contribution in [3.63, 3.8) is 0 Å². The van der Waals surface area contributed by atoms with Crippen LogP contribution in [0.5, 0.6) is 0 Å². The van der Waals surface area contributed by atoms with Crippen LogP contribution >= 0.6 is 35.0 Å². The average Bonchev–Trinajstić information content (AvgIpc) is 3.52. The van der Waals surface area contributed by atoms with E-state index in [2.05, 4.69) is 25.1 Å². The molecule has 2 aliphatic carbocycles. The highest BCUT2D eigenvalue weighted by Crippen LogP contribution is 2.46. The van der Waals surface area contributed by atoms with Gasteiger partial charge in [-0.3, -0.25) is 4.79 Å². The third-order valence-corrected chi connectivity index (χ3v) is 6.12. The van der Waals surface area contributed by atoms with E-state index in [9.17, 15) is 4.79 Å². The van der Waals surface area contributed by atoms with Gasteiger partial charge in [0.15, 0.2) is 11.0 Å². The molecule has 0 aromatic carbocycles. The minimum absolute atomic E-state index is 0.181. The lowest BCUT2D eigenvalue weighted by molar-refractivity contribution is -0.113. The summed E-state index contributed by atoms with van der Waals surface area (Å²) < 4.78 is 2.23. The van der Waals surface area contributed by atoms with E-state index < -0.39 is 0 Å². The van der Waals surface area contributed by atoms with Crippen LogP contribution in [0.4, 0.5) is 5.82 Å². The highest BCUT2D eigenvalue weighted by Gasteiger charge is 2.36. The van der Waals surface area contributed by atoms with E-state index in [1.54, 1.807) is 6.92 Å². The number of thioether (sulfide) groups is 1. The van der Waals surface area contributed by atoms with Gasteiger partial charge in [0.2, 0.25) is 5.91 Å². The first-order valence-corrected chi connectivity index (χ1v) is 9.96. The second-order valence-corrected chi connectivity index (χ2v) is 8.17. The lowest BCUT2D eigenvalue weighted by atomic mass is 10.3. The molecular formula is C16H17Cl2N5OS. The molecule has 0 bridgehead atoms. The fraction of sp³-hybridized carbons (Fsp3) is 0.500. The van der Waals surface area contributed by atoms with Crippen LogP contribution in [0.1, 0.15) is 49.0 Å². The quantitative estimate of drug-likeness (QED) is 0.738. The molecule has 0 aliphatic heterocycles. The maximum atomic E-state index is 12.3. The van der Waals surface area contributed by atoms with E-state index in [0.717, 1.165) is 11.0 Å². The summed E-state index contributed by atoms with van der Waals surface area (Å²) in [4.78, 5) is 16.3. The number of carbonyl (C=O) groups excluding carboxylic acids is 1. The molecule has 25 heavy (non-hydrogen) atoms.